The van der Waals surface area contributed by atoms with Gasteiger partial charge in [0.2, 0.25) is 5.91 Å². The number of unbranched alkanes of at least 4 members (excludes halogenated alkanes) is 1. The summed E-state index contributed by atoms with van der Waals surface area (Å²) in [5.41, 5.74) is 0.949. The molecule has 0 atom stereocenters. The number of amides is 1. The summed E-state index contributed by atoms with van der Waals surface area (Å²) < 4.78 is 0. The Labute approximate surface area is 127 Å². The third-order valence-corrected chi connectivity index (χ3v) is 4.11. The van der Waals surface area contributed by atoms with Gasteiger partial charge in [0.05, 0.1) is 0 Å². The molecule has 0 spiro atoms. The van der Waals surface area contributed by atoms with Gasteiger partial charge in [-0.25, -0.2) is 0 Å². The first-order chi connectivity index (χ1) is 10.2. The van der Waals surface area contributed by atoms with E-state index in [1.165, 1.54) is 32.5 Å². The van der Waals surface area contributed by atoms with Crippen molar-refractivity contribution in [1.29, 1.82) is 0 Å². The predicted octanol–water partition coefficient (Wildman–Crippen LogP) is 2.66. The number of H-pyrrole nitrogens is 1. The third kappa shape index (κ3) is 6.17. The Morgan fingerprint density at radius 1 is 1.43 bits per heavy atom. The zero-order valence-corrected chi connectivity index (χ0v) is 13.0. The molecule has 0 bridgehead atoms. The first-order valence-electron chi connectivity index (χ1n) is 8.05. The normalized spacial score (nSPS) is 17.4. The topological polar surface area (TPSA) is 48.1 Å². The SMILES string of the molecule is CC1CCN(CCCCNC(=O)/C=C/c2ccc[nH]2)CC1. The molecule has 2 rings (SSSR count). The molecular weight excluding hydrogens is 262 g/mol. The molecule has 0 unspecified atom stereocenters. The van der Waals surface area contributed by atoms with E-state index in [9.17, 15) is 4.79 Å². The number of hydrogen-bond donors (Lipinski definition) is 2. The number of aromatic amines is 1. The Kier molecular flexibility index (Phi) is 6.54. The summed E-state index contributed by atoms with van der Waals surface area (Å²) in [4.78, 5) is 17.2. The minimum absolute atomic E-state index is 0.0172. The highest BCUT2D eigenvalue weighted by molar-refractivity contribution is 5.91. The highest BCUT2D eigenvalue weighted by Gasteiger charge is 2.14. The van der Waals surface area contributed by atoms with Crippen molar-refractivity contribution in [3.05, 3.63) is 30.1 Å². The molecule has 1 saturated heterocycles. The predicted molar refractivity (Wildman–Crippen MR) is 86.9 cm³/mol. The molecule has 1 aromatic rings. The minimum Gasteiger partial charge on any atom is -0.362 e. The number of likely N-dealkylation sites (tertiary alicyclic amines) is 1. The Balaban J connectivity index is 1.50. The van der Waals surface area contributed by atoms with Crippen LogP contribution in [0, 0.1) is 5.92 Å². The van der Waals surface area contributed by atoms with Crippen LogP contribution in [0.15, 0.2) is 24.4 Å². The van der Waals surface area contributed by atoms with Crippen molar-refractivity contribution in [2.24, 2.45) is 5.92 Å². The Morgan fingerprint density at radius 2 is 2.24 bits per heavy atom. The van der Waals surface area contributed by atoms with Gasteiger partial charge in [-0.15, -0.1) is 0 Å². The molecule has 1 amide bonds. The zero-order chi connectivity index (χ0) is 14.9. The van der Waals surface area contributed by atoms with Crippen molar-refractivity contribution >= 4 is 12.0 Å². The van der Waals surface area contributed by atoms with Crippen molar-refractivity contribution in [2.45, 2.75) is 32.6 Å². The van der Waals surface area contributed by atoms with Crippen molar-refractivity contribution < 1.29 is 4.79 Å². The molecule has 0 aromatic carbocycles. The van der Waals surface area contributed by atoms with Gasteiger partial charge in [-0.05, 0) is 69.4 Å². The summed E-state index contributed by atoms with van der Waals surface area (Å²) in [7, 11) is 0. The van der Waals surface area contributed by atoms with E-state index < -0.39 is 0 Å². The van der Waals surface area contributed by atoms with E-state index in [1.54, 1.807) is 12.2 Å². The summed E-state index contributed by atoms with van der Waals surface area (Å²) in [5, 5.41) is 2.93. The molecule has 0 aliphatic carbocycles. The van der Waals surface area contributed by atoms with E-state index in [4.69, 9.17) is 0 Å². The zero-order valence-electron chi connectivity index (χ0n) is 13.0. The lowest BCUT2D eigenvalue weighted by molar-refractivity contribution is -0.116. The maximum absolute atomic E-state index is 11.6. The number of piperidine rings is 1. The largest absolute Gasteiger partial charge is 0.362 e. The van der Waals surface area contributed by atoms with Gasteiger partial charge < -0.3 is 15.2 Å². The lowest BCUT2D eigenvalue weighted by Gasteiger charge is -2.30. The number of hydrogen-bond acceptors (Lipinski definition) is 2. The van der Waals surface area contributed by atoms with Crippen LogP contribution in [0.5, 0.6) is 0 Å². The van der Waals surface area contributed by atoms with Crippen LogP contribution in [0.25, 0.3) is 6.08 Å². The fraction of sp³-hybridized carbons (Fsp3) is 0.588. The standard InChI is InChI=1S/C17H27N3O/c1-15-8-13-20(14-9-15)12-3-2-10-19-17(21)7-6-16-5-4-11-18-16/h4-7,11,15,18H,2-3,8-10,12-14H2,1H3,(H,19,21)/b7-6+. The molecule has 0 saturated carbocycles. The van der Waals surface area contributed by atoms with Crippen LogP contribution in [-0.2, 0) is 4.79 Å². The molecule has 1 aliphatic rings. The first kappa shape index (κ1) is 15.8. The maximum atomic E-state index is 11.6. The Hall–Kier alpha value is -1.55. The lowest BCUT2D eigenvalue weighted by atomic mass is 9.99. The minimum atomic E-state index is -0.0172. The molecule has 116 valence electrons. The molecule has 4 nitrogen and oxygen atoms in total. The number of nitrogens with one attached hydrogen (secondary N) is 2. The van der Waals surface area contributed by atoms with E-state index in [-0.39, 0.29) is 5.91 Å². The van der Waals surface area contributed by atoms with Crippen LogP contribution >= 0.6 is 0 Å². The fourth-order valence-electron chi connectivity index (χ4n) is 2.63. The van der Waals surface area contributed by atoms with Gasteiger partial charge >= 0.3 is 0 Å². The fourth-order valence-corrected chi connectivity index (χ4v) is 2.63. The second kappa shape index (κ2) is 8.67. The van der Waals surface area contributed by atoms with E-state index >= 15 is 0 Å². The lowest BCUT2D eigenvalue weighted by Crippen LogP contribution is -2.34. The summed E-state index contributed by atoms with van der Waals surface area (Å²) >= 11 is 0. The van der Waals surface area contributed by atoms with Crippen molar-refractivity contribution in [3.63, 3.8) is 0 Å². The molecule has 1 aromatic heterocycles. The Bertz CT molecular complexity index is 431. The van der Waals surface area contributed by atoms with Crippen LogP contribution < -0.4 is 5.32 Å². The van der Waals surface area contributed by atoms with Crippen molar-refractivity contribution in [1.82, 2.24) is 15.2 Å². The second-order valence-electron chi connectivity index (χ2n) is 5.98. The number of carbonyl (C=O) groups excluding carboxylic acids is 1. The summed E-state index contributed by atoms with van der Waals surface area (Å²) in [6.07, 6.45) is 10.1. The molecular formula is C17H27N3O. The van der Waals surface area contributed by atoms with Gasteiger partial charge in [-0.3, -0.25) is 4.79 Å². The van der Waals surface area contributed by atoms with Crippen LogP contribution in [0.3, 0.4) is 0 Å². The summed E-state index contributed by atoms with van der Waals surface area (Å²) in [6.45, 7) is 6.76. The average molecular weight is 289 g/mol. The second-order valence-corrected chi connectivity index (χ2v) is 5.98. The van der Waals surface area contributed by atoms with Gasteiger partial charge in [0, 0.05) is 24.5 Å². The highest BCUT2D eigenvalue weighted by Crippen LogP contribution is 2.15. The monoisotopic (exact) mass is 289 g/mol. The highest BCUT2D eigenvalue weighted by atomic mass is 16.1. The van der Waals surface area contributed by atoms with E-state index in [0.29, 0.717) is 0 Å². The summed E-state index contributed by atoms with van der Waals surface area (Å²) in [6, 6.07) is 3.85. The number of rotatable bonds is 7. The third-order valence-electron chi connectivity index (χ3n) is 4.11. The molecule has 2 heterocycles. The van der Waals surface area contributed by atoms with Gasteiger partial charge in [0.25, 0.3) is 0 Å². The van der Waals surface area contributed by atoms with Crippen molar-refractivity contribution in [2.75, 3.05) is 26.2 Å². The van der Waals surface area contributed by atoms with Crippen LogP contribution in [-0.4, -0.2) is 42.0 Å². The Morgan fingerprint density at radius 3 is 2.95 bits per heavy atom. The molecule has 1 fully saturated rings. The van der Waals surface area contributed by atoms with E-state index in [2.05, 4.69) is 22.1 Å². The van der Waals surface area contributed by atoms with Crippen LogP contribution in [0.1, 0.15) is 38.3 Å². The number of carbonyl (C=O) groups is 1. The molecule has 1 aliphatic heterocycles. The smallest absolute Gasteiger partial charge is 0.244 e. The van der Waals surface area contributed by atoms with Gasteiger partial charge in [-0.1, -0.05) is 6.92 Å². The molecule has 21 heavy (non-hydrogen) atoms. The molecule has 0 radical (unpaired) electrons. The summed E-state index contributed by atoms with van der Waals surface area (Å²) in [5.74, 6) is 0.878. The van der Waals surface area contributed by atoms with E-state index in [0.717, 1.165) is 31.0 Å². The van der Waals surface area contributed by atoms with Gasteiger partial charge in [0.1, 0.15) is 0 Å². The van der Waals surface area contributed by atoms with E-state index in [1.807, 2.05) is 18.3 Å². The van der Waals surface area contributed by atoms with Gasteiger partial charge in [-0.2, -0.15) is 0 Å². The molecule has 4 heteroatoms. The van der Waals surface area contributed by atoms with Crippen LogP contribution in [0.2, 0.25) is 0 Å². The maximum Gasteiger partial charge on any atom is 0.244 e. The van der Waals surface area contributed by atoms with Crippen LogP contribution in [0.4, 0.5) is 0 Å². The molecule has 2 N–H and O–H groups in total. The van der Waals surface area contributed by atoms with Gasteiger partial charge in [0.15, 0.2) is 0 Å². The number of nitrogens with zero attached hydrogens (tertiary/aromatic N) is 1. The van der Waals surface area contributed by atoms with Crippen molar-refractivity contribution in [3.8, 4) is 0 Å². The average Bonchev–Trinajstić information content (AvgIpc) is 3.00. The quantitative estimate of drug-likeness (QED) is 0.599. The number of aromatic nitrogens is 1. The first-order valence-corrected chi connectivity index (χ1v) is 8.05.